The van der Waals surface area contributed by atoms with Crippen molar-refractivity contribution in [1.82, 2.24) is 14.8 Å². The van der Waals surface area contributed by atoms with Gasteiger partial charge in [-0.2, -0.15) is 0 Å². The Morgan fingerprint density at radius 1 is 1.17 bits per heavy atom. The van der Waals surface area contributed by atoms with E-state index in [-0.39, 0.29) is 30.8 Å². The Bertz CT molecular complexity index is 664. The number of rotatable bonds is 8. The minimum atomic E-state index is -0.749. The third-order valence-electron chi connectivity index (χ3n) is 6.11. The van der Waals surface area contributed by atoms with Gasteiger partial charge in [0.2, 0.25) is 5.91 Å². The molecule has 160 valence electrons. The van der Waals surface area contributed by atoms with Crippen LogP contribution in [0.3, 0.4) is 0 Å². The van der Waals surface area contributed by atoms with Gasteiger partial charge in [0.1, 0.15) is 12.4 Å². The summed E-state index contributed by atoms with van der Waals surface area (Å²) in [6.07, 6.45) is 3.67. The number of piperidine rings is 1. The van der Waals surface area contributed by atoms with E-state index >= 15 is 0 Å². The van der Waals surface area contributed by atoms with Crippen LogP contribution in [0.1, 0.15) is 19.3 Å². The zero-order valence-electron chi connectivity index (χ0n) is 17.2. The van der Waals surface area contributed by atoms with Gasteiger partial charge < -0.3 is 19.6 Å². The van der Waals surface area contributed by atoms with Gasteiger partial charge in [-0.3, -0.25) is 14.5 Å². The number of likely N-dealkylation sites (tertiary alicyclic amines) is 1. The lowest BCUT2D eigenvalue weighted by Gasteiger charge is -2.40. The monoisotopic (exact) mass is 404 g/mol. The molecule has 2 fully saturated rings. The van der Waals surface area contributed by atoms with Crippen molar-refractivity contribution in [2.24, 2.45) is 11.8 Å². The molecule has 8 nitrogen and oxygen atoms in total. The molecule has 2 aliphatic heterocycles. The largest absolute Gasteiger partial charge is 0.481 e. The van der Waals surface area contributed by atoms with Gasteiger partial charge >= 0.3 is 5.97 Å². The fourth-order valence-electron chi connectivity index (χ4n) is 4.43. The van der Waals surface area contributed by atoms with Gasteiger partial charge in [0.05, 0.1) is 0 Å². The molecule has 0 saturated carbocycles. The number of carbonyl (C=O) groups is 2. The lowest BCUT2D eigenvalue weighted by molar-refractivity contribution is -0.141. The molecule has 1 amide bonds. The molecular formula is C21H32N4O4. The molecule has 2 aliphatic rings. The van der Waals surface area contributed by atoms with Crippen LogP contribution in [0.25, 0.3) is 0 Å². The number of amides is 1. The number of carboxylic acid groups (broad SMARTS) is 1. The number of hydrogen-bond acceptors (Lipinski definition) is 6. The maximum absolute atomic E-state index is 12.2. The fraction of sp³-hybridized carbons (Fsp3) is 0.667. The number of nitrogens with zero attached hydrogens (tertiary/aromatic N) is 4. The predicted molar refractivity (Wildman–Crippen MR) is 110 cm³/mol. The molecule has 29 heavy (non-hydrogen) atoms. The molecule has 3 rings (SSSR count). The maximum atomic E-state index is 12.2. The van der Waals surface area contributed by atoms with Crippen molar-refractivity contribution in [3.8, 4) is 0 Å². The zero-order valence-corrected chi connectivity index (χ0v) is 17.2. The number of anilines is 1. The van der Waals surface area contributed by atoms with E-state index in [0.717, 1.165) is 51.4 Å². The van der Waals surface area contributed by atoms with Crippen LogP contribution in [0, 0.1) is 11.8 Å². The molecule has 1 N–H and O–H groups in total. The number of carboxylic acids is 1. The standard InChI is InChI=1S/C21H32N4O4/c1-29-16-20(26)25-9-6-17(14-21(27)28)18(15-25)5-8-23-10-12-24(13-11-23)19-4-2-3-7-22-19/h2-4,7,17-18H,5-6,8-16H2,1H3,(H,27,28). The second-order valence-corrected chi connectivity index (χ2v) is 7.98. The molecule has 0 spiro atoms. The molecule has 2 atom stereocenters. The molecule has 2 unspecified atom stereocenters. The lowest BCUT2D eigenvalue weighted by atomic mass is 9.81. The van der Waals surface area contributed by atoms with E-state index in [1.807, 2.05) is 29.3 Å². The van der Waals surface area contributed by atoms with Crippen molar-refractivity contribution in [3.05, 3.63) is 24.4 Å². The number of aliphatic carboxylic acids is 1. The van der Waals surface area contributed by atoms with E-state index in [4.69, 9.17) is 4.74 Å². The lowest BCUT2D eigenvalue weighted by Crippen LogP contribution is -2.49. The molecule has 1 aromatic heterocycles. The Kier molecular flexibility index (Phi) is 7.83. The normalized spacial score (nSPS) is 23.2. The summed E-state index contributed by atoms with van der Waals surface area (Å²) in [7, 11) is 1.52. The Morgan fingerprint density at radius 2 is 1.97 bits per heavy atom. The Balaban J connectivity index is 1.50. The summed E-state index contributed by atoms with van der Waals surface area (Å²) in [4.78, 5) is 34.5. The van der Waals surface area contributed by atoms with E-state index in [2.05, 4.69) is 14.8 Å². The average Bonchev–Trinajstić information content (AvgIpc) is 2.74. The van der Waals surface area contributed by atoms with Crippen LogP contribution in [-0.2, 0) is 14.3 Å². The van der Waals surface area contributed by atoms with E-state index in [9.17, 15) is 14.7 Å². The zero-order chi connectivity index (χ0) is 20.6. The van der Waals surface area contributed by atoms with E-state index in [1.165, 1.54) is 7.11 Å². The second-order valence-electron chi connectivity index (χ2n) is 7.98. The van der Waals surface area contributed by atoms with Crippen LogP contribution in [0.15, 0.2) is 24.4 Å². The highest BCUT2D eigenvalue weighted by molar-refractivity contribution is 5.77. The minimum absolute atomic E-state index is 0.00440. The number of methoxy groups -OCH3 is 1. The minimum Gasteiger partial charge on any atom is -0.481 e. The van der Waals surface area contributed by atoms with Crippen LogP contribution in [-0.4, -0.2) is 91.3 Å². The van der Waals surface area contributed by atoms with Crippen LogP contribution < -0.4 is 4.90 Å². The van der Waals surface area contributed by atoms with Crippen molar-refractivity contribution in [1.29, 1.82) is 0 Å². The van der Waals surface area contributed by atoms with Crippen molar-refractivity contribution < 1.29 is 19.4 Å². The molecule has 0 radical (unpaired) electrons. The molecular weight excluding hydrogens is 372 g/mol. The summed E-state index contributed by atoms with van der Waals surface area (Å²) in [5, 5.41) is 9.27. The van der Waals surface area contributed by atoms with Crippen molar-refractivity contribution >= 4 is 17.7 Å². The van der Waals surface area contributed by atoms with Crippen LogP contribution in [0.4, 0.5) is 5.82 Å². The highest BCUT2D eigenvalue weighted by Gasteiger charge is 2.33. The van der Waals surface area contributed by atoms with Gasteiger partial charge in [0, 0.05) is 59.0 Å². The summed E-state index contributed by atoms with van der Waals surface area (Å²) in [6, 6.07) is 5.98. The molecule has 8 heteroatoms. The molecule has 0 aliphatic carbocycles. The average molecular weight is 405 g/mol. The first kappa shape index (κ1) is 21.5. The maximum Gasteiger partial charge on any atom is 0.303 e. The highest BCUT2D eigenvalue weighted by Crippen LogP contribution is 2.29. The highest BCUT2D eigenvalue weighted by atomic mass is 16.5. The quantitative estimate of drug-likeness (QED) is 0.696. The van der Waals surface area contributed by atoms with Crippen molar-refractivity contribution in [3.63, 3.8) is 0 Å². The molecule has 3 heterocycles. The predicted octanol–water partition coefficient (Wildman–Crippen LogP) is 1.18. The van der Waals surface area contributed by atoms with Gasteiger partial charge in [0.15, 0.2) is 0 Å². The first-order chi connectivity index (χ1) is 14.1. The summed E-state index contributed by atoms with van der Waals surface area (Å²) >= 11 is 0. The molecule has 1 aromatic rings. The van der Waals surface area contributed by atoms with Gasteiger partial charge in [-0.05, 0) is 43.4 Å². The van der Waals surface area contributed by atoms with Gasteiger partial charge in [-0.15, -0.1) is 0 Å². The first-order valence-electron chi connectivity index (χ1n) is 10.4. The number of ether oxygens (including phenoxy) is 1. The summed E-state index contributed by atoms with van der Waals surface area (Å²) in [5.74, 6) is 0.618. The van der Waals surface area contributed by atoms with E-state index < -0.39 is 5.97 Å². The van der Waals surface area contributed by atoms with Crippen LogP contribution in [0.5, 0.6) is 0 Å². The first-order valence-corrected chi connectivity index (χ1v) is 10.4. The Morgan fingerprint density at radius 3 is 2.62 bits per heavy atom. The van der Waals surface area contributed by atoms with E-state index in [0.29, 0.717) is 13.1 Å². The van der Waals surface area contributed by atoms with Gasteiger partial charge in [-0.25, -0.2) is 4.98 Å². The number of pyridine rings is 1. The smallest absolute Gasteiger partial charge is 0.303 e. The number of hydrogen-bond donors (Lipinski definition) is 1. The SMILES string of the molecule is COCC(=O)N1CCC(CC(=O)O)C(CCN2CCN(c3ccccn3)CC2)C1. The van der Waals surface area contributed by atoms with E-state index in [1.54, 1.807) is 0 Å². The summed E-state index contributed by atoms with van der Waals surface area (Å²) in [6.45, 7) is 6.11. The van der Waals surface area contributed by atoms with Crippen LogP contribution >= 0.6 is 0 Å². The van der Waals surface area contributed by atoms with Crippen LogP contribution in [0.2, 0.25) is 0 Å². The molecule has 2 saturated heterocycles. The molecule has 0 bridgehead atoms. The second kappa shape index (κ2) is 10.5. The fourth-order valence-corrected chi connectivity index (χ4v) is 4.43. The summed E-state index contributed by atoms with van der Waals surface area (Å²) in [5.41, 5.74) is 0. The third kappa shape index (κ3) is 6.14. The summed E-state index contributed by atoms with van der Waals surface area (Å²) < 4.78 is 4.98. The third-order valence-corrected chi connectivity index (χ3v) is 6.11. The van der Waals surface area contributed by atoms with Crippen molar-refractivity contribution in [2.45, 2.75) is 19.3 Å². The number of aromatic nitrogens is 1. The molecule has 0 aromatic carbocycles. The van der Waals surface area contributed by atoms with Gasteiger partial charge in [-0.1, -0.05) is 6.07 Å². The Labute approximate surface area is 172 Å². The van der Waals surface area contributed by atoms with Crippen molar-refractivity contribution in [2.75, 3.05) is 64.4 Å². The topological polar surface area (TPSA) is 86.2 Å². The number of piperazine rings is 1. The van der Waals surface area contributed by atoms with Gasteiger partial charge in [0.25, 0.3) is 0 Å². The Hall–Kier alpha value is -2.19. The number of carbonyl (C=O) groups excluding carboxylic acids is 1.